The van der Waals surface area contributed by atoms with Crippen molar-refractivity contribution >= 4 is 34.6 Å². The summed E-state index contributed by atoms with van der Waals surface area (Å²) in [7, 11) is -0.404. The fourth-order valence-electron chi connectivity index (χ4n) is 4.95. The van der Waals surface area contributed by atoms with Gasteiger partial charge in [0.05, 0.1) is 11.2 Å². The number of hydrogen-bond donors (Lipinski definition) is 1. The van der Waals surface area contributed by atoms with Crippen LogP contribution in [0.4, 0.5) is 4.79 Å². The highest BCUT2D eigenvalue weighted by Gasteiger charge is 2.52. The van der Waals surface area contributed by atoms with Crippen molar-refractivity contribution < 1.29 is 18.8 Å². The molecule has 2 aromatic carbocycles. The van der Waals surface area contributed by atoms with Crippen LogP contribution in [-0.2, 0) is 19.5 Å². The van der Waals surface area contributed by atoms with Gasteiger partial charge in [-0.2, -0.15) is 0 Å². The fourth-order valence-corrected chi connectivity index (χ4v) is 5.31. The van der Waals surface area contributed by atoms with Gasteiger partial charge in [-0.15, -0.1) is 0 Å². The van der Waals surface area contributed by atoms with Crippen molar-refractivity contribution in [2.75, 3.05) is 6.54 Å². The van der Waals surface area contributed by atoms with E-state index in [1.807, 2.05) is 20.8 Å². The molecular weight excluding hydrogens is 505 g/mol. The van der Waals surface area contributed by atoms with Crippen LogP contribution in [-0.4, -0.2) is 36.6 Å². The number of nitrogens with one attached hydrogen (secondary N) is 1. The summed E-state index contributed by atoms with van der Waals surface area (Å²) in [5.41, 5.74) is 4.62. The molecule has 0 spiro atoms. The van der Waals surface area contributed by atoms with E-state index in [0.717, 1.165) is 22.8 Å². The lowest BCUT2D eigenvalue weighted by Crippen LogP contribution is -2.41. The third-order valence-corrected chi connectivity index (χ3v) is 8.04. The first-order valence-electron chi connectivity index (χ1n) is 12.4. The Morgan fingerprint density at radius 3 is 2.14 bits per heavy atom. The van der Waals surface area contributed by atoms with E-state index in [1.54, 1.807) is 0 Å². The average Bonchev–Trinajstić information content (AvgIpc) is 3.10. The number of fused-ring (bicyclic) bond motifs is 3. The summed E-state index contributed by atoms with van der Waals surface area (Å²) >= 11 is 3.67. The summed E-state index contributed by atoms with van der Waals surface area (Å²) < 4.78 is 19.1. The van der Waals surface area contributed by atoms with Gasteiger partial charge in [0.2, 0.25) is 0 Å². The second kappa shape index (κ2) is 8.93. The van der Waals surface area contributed by atoms with E-state index in [1.165, 1.54) is 22.3 Å². The smallest absolute Gasteiger partial charge is 0.444 e. The van der Waals surface area contributed by atoms with Crippen molar-refractivity contribution in [3.8, 4) is 11.1 Å². The molecule has 4 rings (SSSR count). The average molecular weight is 542 g/mol. The van der Waals surface area contributed by atoms with Gasteiger partial charge >= 0.3 is 13.2 Å². The van der Waals surface area contributed by atoms with Gasteiger partial charge < -0.3 is 19.4 Å². The van der Waals surface area contributed by atoms with Crippen LogP contribution >= 0.6 is 15.9 Å². The van der Waals surface area contributed by atoms with E-state index >= 15 is 0 Å². The van der Waals surface area contributed by atoms with Crippen LogP contribution in [0.2, 0.25) is 0 Å². The second-order valence-electron chi connectivity index (χ2n) is 11.9. The maximum Gasteiger partial charge on any atom is 0.494 e. The van der Waals surface area contributed by atoms with Crippen molar-refractivity contribution in [2.45, 2.75) is 90.4 Å². The molecule has 1 unspecified atom stereocenters. The molecule has 1 aliphatic carbocycles. The number of ether oxygens (including phenoxy) is 1. The SMILES string of the molecule is CC(C)(C)OC(=O)NCCCC1(C)c2cc(Br)ccc2-c2ccc(B3OC(C)(C)C(C)(C)O3)cc21. The predicted molar refractivity (Wildman–Crippen MR) is 145 cm³/mol. The third kappa shape index (κ3) is 5.05. The number of carbonyl (C=O) groups is 1. The van der Waals surface area contributed by atoms with Crippen LogP contribution in [0.5, 0.6) is 0 Å². The van der Waals surface area contributed by atoms with Crippen molar-refractivity contribution in [2.24, 2.45) is 0 Å². The minimum Gasteiger partial charge on any atom is -0.444 e. The first-order valence-corrected chi connectivity index (χ1v) is 13.2. The lowest BCUT2D eigenvalue weighted by molar-refractivity contribution is 0.00578. The molecule has 2 aromatic rings. The number of benzene rings is 2. The molecule has 7 heteroatoms. The minimum absolute atomic E-state index is 0.205. The van der Waals surface area contributed by atoms with Crippen molar-refractivity contribution in [3.63, 3.8) is 0 Å². The zero-order valence-corrected chi connectivity index (χ0v) is 23.8. The normalized spacial score (nSPS) is 22.0. The first-order chi connectivity index (χ1) is 16.1. The van der Waals surface area contributed by atoms with Crippen LogP contribution < -0.4 is 10.8 Å². The molecule has 188 valence electrons. The molecule has 1 N–H and O–H groups in total. The van der Waals surface area contributed by atoms with E-state index in [0.29, 0.717) is 6.54 Å². The molecule has 0 bridgehead atoms. The Morgan fingerprint density at radius 1 is 0.971 bits per heavy atom. The first kappa shape index (κ1) is 26.2. The Labute approximate surface area is 218 Å². The number of alkyl carbamates (subject to hydrolysis) is 1. The monoisotopic (exact) mass is 541 g/mol. The molecule has 1 fully saturated rings. The van der Waals surface area contributed by atoms with Gasteiger partial charge in [0.25, 0.3) is 0 Å². The molecule has 1 amide bonds. The van der Waals surface area contributed by atoms with Crippen LogP contribution in [0.3, 0.4) is 0 Å². The lowest BCUT2D eigenvalue weighted by Gasteiger charge is -2.32. The minimum atomic E-state index is -0.504. The van der Waals surface area contributed by atoms with Crippen molar-refractivity contribution in [3.05, 3.63) is 52.0 Å². The van der Waals surface area contributed by atoms with E-state index in [-0.39, 0.29) is 22.7 Å². The van der Waals surface area contributed by atoms with Gasteiger partial charge in [-0.1, -0.05) is 47.1 Å². The Hall–Kier alpha value is -1.83. The standard InChI is InChI=1S/C28H37BBrNO4/c1-25(2,3)33-24(32)31-15-9-14-28(8)22-16-18(29-34-26(4,5)27(6,7)35-29)10-12-20(22)21-13-11-19(30)17-23(21)28/h10-13,16-17H,9,14-15H2,1-8H3,(H,31,32). The molecule has 0 aromatic heterocycles. The molecule has 1 atom stereocenters. The summed E-state index contributed by atoms with van der Waals surface area (Å²) in [6.45, 7) is 16.8. The summed E-state index contributed by atoms with van der Waals surface area (Å²) in [5, 5.41) is 2.90. The fraction of sp³-hybridized carbons (Fsp3) is 0.536. The third-order valence-electron chi connectivity index (χ3n) is 7.55. The number of hydrogen-bond acceptors (Lipinski definition) is 4. The van der Waals surface area contributed by atoms with Crippen LogP contribution in [0.1, 0.15) is 79.4 Å². The van der Waals surface area contributed by atoms with Crippen molar-refractivity contribution in [1.82, 2.24) is 5.32 Å². The van der Waals surface area contributed by atoms with Crippen LogP contribution in [0, 0.1) is 0 Å². The van der Waals surface area contributed by atoms with E-state index in [9.17, 15) is 4.79 Å². The molecule has 2 aliphatic rings. The van der Waals surface area contributed by atoms with E-state index in [2.05, 4.69) is 92.3 Å². The number of rotatable bonds is 5. The molecule has 5 nitrogen and oxygen atoms in total. The van der Waals surface area contributed by atoms with E-state index in [4.69, 9.17) is 14.0 Å². The molecule has 1 aliphatic heterocycles. The predicted octanol–water partition coefficient (Wildman–Crippen LogP) is 6.34. The van der Waals surface area contributed by atoms with Gasteiger partial charge in [-0.25, -0.2) is 4.79 Å². The Balaban J connectivity index is 1.60. The Kier molecular flexibility index (Phi) is 6.70. The van der Waals surface area contributed by atoms with Crippen LogP contribution in [0.25, 0.3) is 11.1 Å². The Bertz CT molecular complexity index is 1120. The summed E-state index contributed by atoms with van der Waals surface area (Å²) in [6, 6.07) is 13.1. The van der Waals surface area contributed by atoms with Gasteiger partial charge in [-0.05, 0) is 101 Å². The van der Waals surface area contributed by atoms with Gasteiger partial charge in [0, 0.05) is 16.4 Å². The summed E-state index contributed by atoms with van der Waals surface area (Å²) in [4.78, 5) is 12.1. The van der Waals surface area contributed by atoms with Crippen molar-refractivity contribution in [1.29, 1.82) is 0 Å². The molecular formula is C28H37BBrNO4. The second-order valence-corrected chi connectivity index (χ2v) is 12.9. The largest absolute Gasteiger partial charge is 0.494 e. The number of amides is 1. The molecule has 35 heavy (non-hydrogen) atoms. The van der Waals surface area contributed by atoms with E-state index < -0.39 is 12.7 Å². The number of halogens is 1. The molecule has 1 heterocycles. The van der Waals surface area contributed by atoms with Gasteiger partial charge in [-0.3, -0.25) is 0 Å². The summed E-state index contributed by atoms with van der Waals surface area (Å²) in [6.07, 6.45) is 1.33. The van der Waals surface area contributed by atoms with Gasteiger partial charge in [0.1, 0.15) is 5.60 Å². The van der Waals surface area contributed by atoms with Crippen LogP contribution in [0.15, 0.2) is 40.9 Å². The maximum absolute atomic E-state index is 12.1. The molecule has 0 radical (unpaired) electrons. The topological polar surface area (TPSA) is 56.8 Å². The highest BCUT2D eigenvalue weighted by atomic mass is 79.9. The highest BCUT2D eigenvalue weighted by molar-refractivity contribution is 9.10. The Morgan fingerprint density at radius 2 is 1.54 bits per heavy atom. The zero-order chi connectivity index (χ0) is 25.8. The molecule has 1 saturated heterocycles. The molecule has 0 saturated carbocycles. The lowest BCUT2D eigenvalue weighted by atomic mass is 9.72. The number of carbonyl (C=O) groups excluding carboxylic acids is 1. The highest BCUT2D eigenvalue weighted by Crippen LogP contribution is 2.51. The summed E-state index contributed by atoms with van der Waals surface area (Å²) in [5.74, 6) is 0. The maximum atomic E-state index is 12.1. The van der Waals surface area contributed by atoms with Gasteiger partial charge in [0.15, 0.2) is 0 Å². The quantitative estimate of drug-likeness (QED) is 0.354. The zero-order valence-electron chi connectivity index (χ0n) is 22.2.